The second-order valence-corrected chi connectivity index (χ2v) is 13.2. The van der Waals surface area contributed by atoms with Gasteiger partial charge in [-0.05, 0) is 72.9 Å². The third-order valence-electron chi connectivity index (χ3n) is 7.92. The molecule has 0 spiro atoms. The van der Waals surface area contributed by atoms with Crippen molar-refractivity contribution >= 4 is 21.8 Å². The van der Waals surface area contributed by atoms with Gasteiger partial charge in [0.25, 0.3) is 10.0 Å². The van der Waals surface area contributed by atoms with Gasteiger partial charge in [-0.25, -0.2) is 8.42 Å². The van der Waals surface area contributed by atoms with E-state index in [2.05, 4.69) is 41.5 Å². The number of amides is 2. The first-order valence-electron chi connectivity index (χ1n) is 13.9. The molecule has 2 atom stereocenters. The normalized spacial score (nSPS) is 21.3. The fourth-order valence-electron chi connectivity index (χ4n) is 6.09. The molecule has 5 rings (SSSR count). The highest BCUT2D eigenvalue weighted by atomic mass is 32.2. The summed E-state index contributed by atoms with van der Waals surface area (Å²) < 4.78 is 27.7. The lowest BCUT2D eigenvalue weighted by atomic mass is 9.81. The SMILES string of the molecule is Cc1ccc(S(=O)(=O)N2C=CNC(=O)[C@H]2CC(=O)N[C@@H]2CCCc3c2ccc2c3CCN(CC(C)C)C2)cc1. The molecule has 1 aliphatic carbocycles. The van der Waals surface area contributed by atoms with Crippen molar-refractivity contribution in [2.24, 2.45) is 5.92 Å². The van der Waals surface area contributed by atoms with E-state index in [1.165, 1.54) is 41.2 Å². The fourth-order valence-corrected chi connectivity index (χ4v) is 7.54. The summed E-state index contributed by atoms with van der Waals surface area (Å²) in [5.41, 5.74) is 6.26. The van der Waals surface area contributed by atoms with E-state index >= 15 is 0 Å². The average Bonchev–Trinajstić information content (AvgIpc) is 2.89. The second-order valence-electron chi connectivity index (χ2n) is 11.4. The molecule has 0 fully saturated rings. The summed E-state index contributed by atoms with van der Waals surface area (Å²) in [6.07, 6.45) is 6.18. The Balaban J connectivity index is 1.32. The topological polar surface area (TPSA) is 98.8 Å². The maximum Gasteiger partial charge on any atom is 0.264 e. The molecule has 2 aliphatic heterocycles. The number of nitrogens with zero attached hydrogens (tertiary/aromatic N) is 2. The molecule has 2 N–H and O–H groups in total. The summed E-state index contributed by atoms with van der Waals surface area (Å²) in [7, 11) is -4.01. The molecular formula is C30H38N4O4S. The highest BCUT2D eigenvalue weighted by molar-refractivity contribution is 7.89. The van der Waals surface area contributed by atoms with Crippen LogP contribution in [-0.2, 0) is 39.0 Å². The molecule has 9 heteroatoms. The van der Waals surface area contributed by atoms with Gasteiger partial charge in [0.15, 0.2) is 0 Å². The number of fused-ring (bicyclic) bond motifs is 3. The summed E-state index contributed by atoms with van der Waals surface area (Å²) in [4.78, 5) is 28.6. The Bertz CT molecular complexity index is 1380. The van der Waals surface area contributed by atoms with E-state index in [9.17, 15) is 18.0 Å². The first-order valence-corrected chi connectivity index (χ1v) is 15.3. The first kappa shape index (κ1) is 27.4. The van der Waals surface area contributed by atoms with Crippen molar-refractivity contribution in [2.75, 3.05) is 13.1 Å². The molecule has 2 aromatic carbocycles. The number of sulfonamides is 1. The lowest BCUT2D eigenvalue weighted by Crippen LogP contribution is -2.51. The third-order valence-corrected chi connectivity index (χ3v) is 9.72. The number of carbonyl (C=O) groups excluding carboxylic acids is 2. The van der Waals surface area contributed by atoms with Gasteiger partial charge in [0.2, 0.25) is 11.8 Å². The zero-order valence-electron chi connectivity index (χ0n) is 22.9. The van der Waals surface area contributed by atoms with Crippen molar-refractivity contribution in [1.82, 2.24) is 19.8 Å². The summed E-state index contributed by atoms with van der Waals surface area (Å²) in [5.74, 6) is -0.228. The largest absolute Gasteiger partial charge is 0.349 e. The Labute approximate surface area is 231 Å². The summed E-state index contributed by atoms with van der Waals surface area (Å²) in [6, 6.07) is 9.51. The van der Waals surface area contributed by atoms with Crippen LogP contribution < -0.4 is 10.6 Å². The highest BCUT2D eigenvalue weighted by Gasteiger charge is 2.37. The van der Waals surface area contributed by atoms with E-state index in [-0.39, 0.29) is 23.3 Å². The van der Waals surface area contributed by atoms with Crippen molar-refractivity contribution < 1.29 is 18.0 Å². The molecule has 2 heterocycles. The van der Waals surface area contributed by atoms with Gasteiger partial charge in [0.05, 0.1) is 17.4 Å². The molecule has 2 aromatic rings. The lowest BCUT2D eigenvalue weighted by molar-refractivity contribution is -0.129. The van der Waals surface area contributed by atoms with Gasteiger partial charge in [0, 0.05) is 32.0 Å². The number of hydrogen-bond acceptors (Lipinski definition) is 5. The van der Waals surface area contributed by atoms with Gasteiger partial charge in [0.1, 0.15) is 6.04 Å². The van der Waals surface area contributed by atoms with Gasteiger partial charge >= 0.3 is 0 Å². The van der Waals surface area contributed by atoms with Crippen molar-refractivity contribution in [3.8, 4) is 0 Å². The third kappa shape index (κ3) is 5.75. The number of carbonyl (C=O) groups is 2. The summed E-state index contributed by atoms with van der Waals surface area (Å²) >= 11 is 0. The van der Waals surface area contributed by atoms with Crippen LogP contribution in [0.25, 0.3) is 0 Å². The monoisotopic (exact) mass is 550 g/mol. The molecular weight excluding hydrogens is 512 g/mol. The molecule has 8 nitrogen and oxygen atoms in total. The van der Waals surface area contributed by atoms with Gasteiger partial charge in [-0.3, -0.25) is 18.8 Å². The molecule has 0 aromatic heterocycles. The van der Waals surface area contributed by atoms with E-state index in [0.717, 1.165) is 60.7 Å². The maximum atomic E-state index is 13.4. The van der Waals surface area contributed by atoms with Crippen molar-refractivity contribution in [3.05, 3.63) is 76.6 Å². The summed E-state index contributed by atoms with van der Waals surface area (Å²) in [5, 5.41) is 5.69. The van der Waals surface area contributed by atoms with Crippen molar-refractivity contribution in [1.29, 1.82) is 0 Å². The van der Waals surface area contributed by atoms with Crippen LogP contribution in [0.1, 0.15) is 67.0 Å². The number of rotatable bonds is 7. The number of nitrogens with one attached hydrogen (secondary N) is 2. The van der Waals surface area contributed by atoms with Gasteiger partial charge in [-0.1, -0.05) is 43.7 Å². The Morgan fingerprint density at radius 1 is 1.10 bits per heavy atom. The van der Waals surface area contributed by atoms with Gasteiger partial charge < -0.3 is 10.6 Å². The van der Waals surface area contributed by atoms with Gasteiger partial charge in [-0.15, -0.1) is 0 Å². The minimum Gasteiger partial charge on any atom is -0.349 e. The molecule has 39 heavy (non-hydrogen) atoms. The average molecular weight is 551 g/mol. The summed E-state index contributed by atoms with van der Waals surface area (Å²) in [6.45, 7) is 9.48. The maximum absolute atomic E-state index is 13.4. The minimum atomic E-state index is -4.01. The molecule has 0 radical (unpaired) electrons. The van der Waals surface area contributed by atoms with Crippen LogP contribution in [0, 0.1) is 12.8 Å². The Morgan fingerprint density at radius 3 is 2.62 bits per heavy atom. The number of hydrogen-bond donors (Lipinski definition) is 2. The number of aryl methyl sites for hydroxylation is 1. The molecule has 0 bridgehead atoms. The Hall–Kier alpha value is -3.17. The molecule has 0 unspecified atom stereocenters. The molecule has 2 amide bonds. The van der Waals surface area contributed by atoms with Crippen LogP contribution in [0.3, 0.4) is 0 Å². The second kappa shape index (κ2) is 11.1. The standard InChI is InChI=1S/C30H38N4O4S/c1-20(2)18-33-15-13-24-22(19-33)9-12-26-25(24)5-4-6-27(26)32-29(35)17-28-30(36)31-14-16-34(28)39(37,38)23-10-7-21(3)8-11-23/h7-12,14,16,20,27-28H,4-6,13,15,17-19H2,1-3H3,(H,31,36)(H,32,35)/t27-,28-/m1/s1. The van der Waals surface area contributed by atoms with E-state index in [1.54, 1.807) is 12.1 Å². The zero-order chi connectivity index (χ0) is 27.7. The molecule has 0 saturated heterocycles. The minimum absolute atomic E-state index is 0.0794. The lowest BCUT2D eigenvalue weighted by Gasteiger charge is -2.35. The van der Waals surface area contributed by atoms with E-state index < -0.39 is 22.0 Å². The highest BCUT2D eigenvalue weighted by Crippen LogP contribution is 2.36. The van der Waals surface area contributed by atoms with Crippen LogP contribution in [0.2, 0.25) is 0 Å². The molecule has 3 aliphatic rings. The van der Waals surface area contributed by atoms with Gasteiger partial charge in [-0.2, -0.15) is 0 Å². The number of benzene rings is 2. The Morgan fingerprint density at radius 2 is 1.87 bits per heavy atom. The predicted molar refractivity (Wildman–Crippen MR) is 150 cm³/mol. The first-order chi connectivity index (χ1) is 18.6. The smallest absolute Gasteiger partial charge is 0.264 e. The van der Waals surface area contributed by atoms with E-state index in [0.29, 0.717) is 5.92 Å². The van der Waals surface area contributed by atoms with Crippen LogP contribution in [-0.4, -0.2) is 48.6 Å². The predicted octanol–water partition coefficient (Wildman–Crippen LogP) is 3.55. The zero-order valence-corrected chi connectivity index (χ0v) is 23.8. The van der Waals surface area contributed by atoms with E-state index in [1.807, 2.05) is 6.92 Å². The van der Waals surface area contributed by atoms with Crippen LogP contribution in [0.15, 0.2) is 53.7 Å². The fraction of sp³-hybridized carbons (Fsp3) is 0.467. The van der Waals surface area contributed by atoms with E-state index in [4.69, 9.17) is 0 Å². The van der Waals surface area contributed by atoms with Crippen LogP contribution in [0.4, 0.5) is 0 Å². The molecule has 208 valence electrons. The molecule has 0 saturated carbocycles. The van der Waals surface area contributed by atoms with Crippen molar-refractivity contribution in [3.63, 3.8) is 0 Å². The quantitative estimate of drug-likeness (QED) is 0.550. The van der Waals surface area contributed by atoms with Crippen LogP contribution >= 0.6 is 0 Å². The van der Waals surface area contributed by atoms with Crippen molar-refractivity contribution in [2.45, 2.75) is 76.4 Å². The van der Waals surface area contributed by atoms with Crippen LogP contribution in [0.5, 0.6) is 0 Å². The Kier molecular flexibility index (Phi) is 7.82.